The molecule has 0 atom stereocenters. The monoisotopic (exact) mass is 411 g/mol. The minimum Gasteiger partial charge on any atom is -0.347 e. The third-order valence-corrected chi connectivity index (χ3v) is 6.51. The summed E-state index contributed by atoms with van der Waals surface area (Å²) in [4.78, 5) is 20.1. The molecule has 2 aromatic heterocycles. The highest BCUT2D eigenvalue weighted by Gasteiger charge is 2.15. The van der Waals surface area contributed by atoms with Gasteiger partial charge in [0.15, 0.2) is 4.96 Å². The second-order valence-corrected chi connectivity index (χ2v) is 8.19. The molecule has 2 heterocycles. The predicted molar refractivity (Wildman–Crippen MR) is 113 cm³/mol. The maximum atomic E-state index is 13.1. The molecule has 0 radical (unpaired) electrons. The van der Waals surface area contributed by atoms with Crippen molar-refractivity contribution in [1.29, 1.82) is 0 Å². The predicted octanol–water partition coefficient (Wildman–Crippen LogP) is 5.16. The standard InChI is InChI=1S/C21H18FN3OS2/c1-13-19(11-23-20(26)16-5-3-4-6-18(16)27-2)28-21-24-17(12-25(13)21)14-7-9-15(22)10-8-14/h3-10,12H,11H2,1-2H3,(H,23,26). The lowest BCUT2D eigenvalue weighted by Gasteiger charge is -2.08. The smallest absolute Gasteiger partial charge is 0.252 e. The van der Waals surface area contributed by atoms with Gasteiger partial charge in [-0.25, -0.2) is 9.37 Å². The molecule has 4 rings (SSSR count). The molecule has 0 unspecified atom stereocenters. The number of imidazole rings is 1. The van der Waals surface area contributed by atoms with Crippen LogP contribution in [0.2, 0.25) is 0 Å². The topological polar surface area (TPSA) is 46.4 Å². The maximum absolute atomic E-state index is 13.1. The highest BCUT2D eigenvalue weighted by molar-refractivity contribution is 7.98. The van der Waals surface area contributed by atoms with Crippen LogP contribution in [0.15, 0.2) is 59.6 Å². The number of thioether (sulfide) groups is 1. The second kappa shape index (κ2) is 7.77. The van der Waals surface area contributed by atoms with E-state index >= 15 is 0 Å². The van der Waals surface area contributed by atoms with E-state index < -0.39 is 0 Å². The number of rotatable bonds is 5. The van der Waals surface area contributed by atoms with Crippen molar-refractivity contribution >= 4 is 34.0 Å². The zero-order valence-corrected chi connectivity index (χ0v) is 17.0. The number of carbonyl (C=O) groups excluding carboxylic acids is 1. The summed E-state index contributed by atoms with van der Waals surface area (Å²) < 4.78 is 15.1. The number of amides is 1. The van der Waals surface area contributed by atoms with Crippen LogP contribution in [0.3, 0.4) is 0 Å². The van der Waals surface area contributed by atoms with E-state index in [1.165, 1.54) is 12.1 Å². The Morgan fingerprint density at radius 3 is 2.68 bits per heavy atom. The molecule has 1 N–H and O–H groups in total. The molecule has 0 saturated heterocycles. The highest BCUT2D eigenvalue weighted by atomic mass is 32.2. The minimum absolute atomic E-state index is 0.0811. The van der Waals surface area contributed by atoms with Crippen LogP contribution in [0.1, 0.15) is 20.9 Å². The number of benzene rings is 2. The Hall–Kier alpha value is -2.64. The number of fused-ring (bicyclic) bond motifs is 1. The first-order valence-corrected chi connectivity index (χ1v) is 10.8. The van der Waals surface area contributed by atoms with E-state index in [-0.39, 0.29) is 11.7 Å². The largest absolute Gasteiger partial charge is 0.347 e. The Bertz CT molecular complexity index is 1150. The first-order chi connectivity index (χ1) is 13.6. The van der Waals surface area contributed by atoms with E-state index in [4.69, 9.17) is 0 Å². The molecule has 0 aliphatic rings. The Labute approximate surface area is 170 Å². The molecule has 0 bridgehead atoms. The van der Waals surface area contributed by atoms with Crippen molar-refractivity contribution in [3.05, 3.63) is 76.7 Å². The summed E-state index contributed by atoms with van der Waals surface area (Å²) in [6.45, 7) is 2.46. The van der Waals surface area contributed by atoms with Crippen LogP contribution in [0, 0.1) is 12.7 Å². The van der Waals surface area contributed by atoms with Gasteiger partial charge in [0, 0.05) is 27.2 Å². The van der Waals surface area contributed by atoms with Gasteiger partial charge in [0.1, 0.15) is 5.82 Å². The van der Waals surface area contributed by atoms with Crippen molar-refractivity contribution < 1.29 is 9.18 Å². The number of nitrogens with one attached hydrogen (secondary N) is 1. The lowest BCUT2D eigenvalue weighted by molar-refractivity contribution is 0.0948. The van der Waals surface area contributed by atoms with E-state index in [2.05, 4.69) is 10.3 Å². The van der Waals surface area contributed by atoms with Crippen LogP contribution in [-0.4, -0.2) is 21.5 Å². The molecule has 1 amide bonds. The van der Waals surface area contributed by atoms with Gasteiger partial charge < -0.3 is 5.32 Å². The van der Waals surface area contributed by atoms with Crippen molar-refractivity contribution in [3.8, 4) is 11.3 Å². The maximum Gasteiger partial charge on any atom is 0.252 e. The number of hydrogen-bond acceptors (Lipinski definition) is 4. The summed E-state index contributed by atoms with van der Waals surface area (Å²) in [5.74, 6) is -0.343. The van der Waals surface area contributed by atoms with Gasteiger partial charge in [-0.15, -0.1) is 11.8 Å². The number of aryl methyl sites for hydroxylation is 1. The molecule has 0 aliphatic carbocycles. The first kappa shape index (κ1) is 18.7. The van der Waals surface area contributed by atoms with Crippen molar-refractivity contribution in [1.82, 2.24) is 14.7 Å². The Balaban J connectivity index is 1.53. The molecule has 7 heteroatoms. The van der Waals surface area contributed by atoms with Gasteiger partial charge in [-0.2, -0.15) is 0 Å². The van der Waals surface area contributed by atoms with Gasteiger partial charge >= 0.3 is 0 Å². The molecule has 4 aromatic rings. The van der Waals surface area contributed by atoms with Crippen LogP contribution in [0.5, 0.6) is 0 Å². The number of nitrogens with zero attached hydrogens (tertiary/aromatic N) is 2. The quantitative estimate of drug-likeness (QED) is 0.461. The molecule has 0 saturated carbocycles. The van der Waals surface area contributed by atoms with Gasteiger partial charge in [-0.3, -0.25) is 9.20 Å². The second-order valence-electron chi connectivity index (χ2n) is 6.28. The summed E-state index contributed by atoms with van der Waals surface area (Å²) >= 11 is 3.11. The lowest BCUT2D eigenvalue weighted by Crippen LogP contribution is -2.23. The molecule has 0 spiro atoms. The number of halogens is 1. The third-order valence-electron chi connectivity index (χ3n) is 4.55. The van der Waals surface area contributed by atoms with E-state index in [1.807, 2.05) is 48.0 Å². The van der Waals surface area contributed by atoms with Crippen molar-refractivity contribution in [2.45, 2.75) is 18.4 Å². The normalized spacial score (nSPS) is 11.1. The van der Waals surface area contributed by atoms with Crippen LogP contribution in [0.4, 0.5) is 4.39 Å². The summed E-state index contributed by atoms with van der Waals surface area (Å²) in [6, 6.07) is 13.9. The molecule has 28 heavy (non-hydrogen) atoms. The molecular formula is C21H18FN3OS2. The number of hydrogen-bond donors (Lipinski definition) is 1. The zero-order chi connectivity index (χ0) is 19.7. The Morgan fingerprint density at radius 2 is 1.96 bits per heavy atom. The first-order valence-electron chi connectivity index (χ1n) is 8.71. The molecule has 0 fully saturated rings. The Kier molecular flexibility index (Phi) is 5.19. The van der Waals surface area contributed by atoms with Gasteiger partial charge in [-0.05, 0) is 49.6 Å². The van der Waals surface area contributed by atoms with Crippen LogP contribution in [-0.2, 0) is 6.54 Å². The van der Waals surface area contributed by atoms with Crippen molar-refractivity contribution in [3.63, 3.8) is 0 Å². The van der Waals surface area contributed by atoms with Crippen LogP contribution in [0.25, 0.3) is 16.2 Å². The van der Waals surface area contributed by atoms with E-state index in [9.17, 15) is 9.18 Å². The average Bonchev–Trinajstić information content (AvgIpc) is 3.26. The Morgan fingerprint density at radius 1 is 1.21 bits per heavy atom. The average molecular weight is 412 g/mol. The number of carbonyl (C=O) groups is 1. The molecule has 4 nitrogen and oxygen atoms in total. The van der Waals surface area contributed by atoms with Gasteiger partial charge in [0.05, 0.1) is 17.8 Å². The molecule has 2 aromatic carbocycles. The zero-order valence-electron chi connectivity index (χ0n) is 15.4. The number of thiazole rings is 1. The van der Waals surface area contributed by atoms with Gasteiger partial charge in [0.25, 0.3) is 5.91 Å². The van der Waals surface area contributed by atoms with Crippen molar-refractivity contribution in [2.24, 2.45) is 0 Å². The highest BCUT2D eigenvalue weighted by Crippen LogP contribution is 2.27. The fourth-order valence-corrected chi connectivity index (χ4v) is 4.64. The molecule has 0 aliphatic heterocycles. The van der Waals surface area contributed by atoms with E-state index in [0.717, 1.165) is 31.7 Å². The fourth-order valence-electron chi connectivity index (χ4n) is 3.01. The van der Waals surface area contributed by atoms with Crippen LogP contribution >= 0.6 is 23.1 Å². The summed E-state index contributed by atoms with van der Waals surface area (Å²) in [6.07, 6.45) is 3.91. The number of aromatic nitrogens is 2. The molecular weight excluding hydrogens is 393 g/mol. The fraction of sp³-hybridized carbons (Fsp3) is 0.143. The summed E-state index contributed by atoms with van der Waals surface area (Å²) in [5, 5.41) is 3.01. The lowest BCUT2D eigenvalue weighted by atomic mass is 10.2. The molecule has 142 valence electrons. The third kappa shape index (κ3) is 3.55. The summed E-state index contributed by atoms with van der Waals surface area (Å²) in [7, 11) is 0. The minimum atomic E-state index is -0.262. The van der Waals surface area contributed by atoms with E-state index in [0.29, 0.717) is 12.1 Å². The van der Waals surface area contributed by atoms with E-state index in [1.54, 1.807) is 35.2 Å². The SMILES string of the molecule is CSc1ccccc1C(=O)NCc1sc2nc(-c3ccc(F)cc3)cn2c1C. The summed E-state index contributed by atoms with van der Waals surface area (Å²) in [5.41, 5.74) is 3.41. The van der Waals surface area contributed by atoms with Gasteiger partial charge in [-0.1, -0.05) is 23.5 Å². The van der Waals surface area contributed by atoms with Crippen LogP contribution < -0.4 is 5.32 Å². The van der Waals surface area contributed by atoms with Crippen molar-refractivity contribution in [2.75, 3.05) is 6.26 Å². The van der Waals surface area contributed by atoms with Gasteiger partial charge in [0.2, 0.25) is 0 Å².